The molecule has 0 bridgehead atoms. The lowest BCUT2D eigenvalue weighted by atomic mass is 10.0. The van der Waals surface area contributed by atoms with E-state index >= 15 is 0 Å². The average molecular weight is 490 g/mol. The van der Waals surface area contributed by atoms with Gasteiger partial charge in [-0.3, -0.25) is 4.79 Å². The van der Waals surface area contributed by atoms with Gasteiger partial charge in [0.05, 0.1) is 23.9 Å². The fraction of sp³-hybridized carbons (Fsp3) is 0.440. The third-order valence-electron chi connectivity index (χ3n) is 5.01. The zero-order chi connectivity index (χ0) is 24.3. The van der Waals surface area contributed by atoms with Crippen LogP contribution in [0.2, 0.25) is 5.02 Å². The highest BCUT2D eigenvalue weighted by Gasteiger charge is 2.14. The fourth-order valence-corrected chi connectivity index (χ4v) is 3.40. The number of rotatable bonds is 13. The van der Waals surface area contributed by atoms with Crippen LogP contribution in [0, 0.1) is 0 Å². The summed E-state index contributed by atoms with van der Waals surface area (Å²) in [6, 6.07) is 13.1. The van der Waals surface area contributed by atoms with E-state index in [0.717, 1.165) is 17.0 Å². The summed E-state index contributed by atoms with van der Waals surface area (Å²) < 4.78 is 17.1. The summed E-state index contributed by atoms with van der Waals surface area (Å²) in [7, 11) is 0. The lowest BCUT2D eigenvalue weighted by Gasteiger charge is -2.15. The Labute approximate surface area is 205 Å². The second-order valence-corrected chi connectivity index (χ2v) is 8.70. The molecular formula is C25H32ClN3O5. The SMILES string of the molecule is CC(C)NC[C@H](O)COc1ccc(OCCCOc2ccc(C3=NNC(=O)CC3)cc2Cl)cc1. The maximum atomic E-state index is 11.2. The van der Waals surface area contributed by atoms with Crippen LogP contribution >= 0.6 is 11.6 Å². The summed E-state index contributed by atoms with van der Waals surface area (Å²) in [5, 5.41) is 17.7. The molecule has 1 aliphatic heterocycles. The van der Waals surface area contributed by atoms with Gasteiger partial charge in [-0.1, -0.05) is 25.4 Å². The van der Waals surface area contributed by atoms with E-state index in [4.69, 9.17) is 25.8 Å². The molecule has 0 radical (unpaired) electrons. The number of nitrogens with one attached hydrogen (secondary N) is 2. The number of halogens is 1. The third kappa shape index (κ3) is 8.52. The maximum Gasteiger partial charge on any atom is 0.240 e. The van der Waals surface area contributed by atoms with Crippen molar-refractivity contribution in [3.05, 3.63) is 53.1 Å². The number of benzene rings is 2. The molecule has 1 aliphatic rings. The first-order valence-corrected chi connectivity index (χ1v) is 11.8. The summed E-state index contributed by atoms with van der Waals surface area (Å²) in [5.41, 5.74) is 4.16. The van der Waals surface area contributed by atoms with E-state index in [1.165, 1.54) is 0 Å². The van der Waals surface area contributed by atoms with Gasteiger partial charge in [-0.05, 0) is 48.0 Å². The minimum Gasteiger partial charge on any atom is -0.493 e. The summed E-state index contributed by atoms with van der Waals surface area (Å²) in [4.78, 5) is 11.2. The van der Waals surface area contributed by atoms with E-state index < -0.39 is 6.10 Å². The zero-order valence-electron chi connectivity index (χ0n) is 19.6. The first-order chi connectivity index (χ1) is 16.4. The van der Waals surface area contributed by atoms with Gasteiger partial charge >= 0.3 is 0 Å². The molecule has 0 fully saturated rings. The highest BCUT2D eigenvalue weighted by molar-refractivity contribution is 6.32. The van der Waals surface area contributed by atoms with E-state index in [2.05, 4.69) is 15.8 Å². The summed E-state index contributed by atoms with van der Waals surface area (Å²) in [6.45, 7) is 5.73. The van der Waals surface area contributed by atoms with Gasteiger partial charge in [-0.25, -0.2) is 5.43 Å². The van der Waals surface area contributed by atoms with Gasteiger partial charge in [-0.2, -0.15) is 5.10 Å². The molecule has 34 heavy (non-hydrogen) atoms. The van der Waals surface area contributed by atoms with E-state index in [0.29, 0.717) is 61.6 Å². The van der Waals surface area contributed by atoms with E-state index in [9.17, 15) is 9.90 Å². The molecule has 184 valence electrons. The minimum absolute atomic E-state index is 0.0774. The van der Waals surface area contributed by atoms with Crippen molar-refractivity contribution in [3.63, 3.8) is 0 Å². The standard InChI is InChI=1S/C25H32ClN3O5/c1-17(2)27-15-19(30)16-34-21-7-5-20(6-8-21)32-12-3-13-33-24-10-4-18(14-22(24)26)23-9-11-25(31)29-28-23/h4-8,10,14,17,19,27,30H,3,9,11-13,15-16H2,1-2H3,(H,29,31)/t19-/m0/s1. The fourth-order valence-electron chi connectivity index (χ4n) is 3.17. The monoisotopic (exact) mass is 489 g/mol. The number of hydrogen-bond acceptors (Lipinski definition) is 7. The van der Waals surface area contributed by atoms with Crippen molar-refractivity contribution < 1.29 is 24.1 Å². The third-order valence-corrected chi connectivity index (χ3v) is 5.31. The molecule has 0 aliphatic carbocycles. The largest absolute Gasteiger partial charge is 0.493 e. The Balaban J connectivity index is 1.34. The number of carbonyl (C=O) groups excluding carboxylic acids is 1. The Morgan fingerprint density at radius 1 is 1.06 bits per heavy atom. The first kappa shape index (κ1) is 25.8. The molecular weight excluding hydrogens is 458 g/mol. The Morgan fingerprint density at radius 2 is 1.76 bits per heavy atom. The van der Waals surface area contributed by atoms with Gasteiger partial charge in [0, 0.05) is 31.8 Å². The molecule has 0 saturated carbocycles. The highest BCUT2D eigenvalue weighted by atomic mass is 35.5. The Kier molecular flexibility index (Phi) is 10.00. The van der Waals surface area contributed by atoms with E-state index in [-0.39, 0.29) is 12.5 Å². The predicted molar refractivity (Wildman–Crippen MR) is 132 cm³/mol. The molecule has 9 heteroatoms. The van der Waals surface area contributed by atoms with Gasteiger partial charge in [0.2, 0.25) is 5.91 Å². The summed E-state index contributed by atoms with van der Waals surface area (Å²) >= 11 is 6.35. The van der Waals surface area contributed by atoms with Crippen LogP contribution in [0.1, 0.15) is 38.7 Å². The molecule has 0 aromatic heterocycles. The molecule has 0 unspecified atom stereocenters. The number of hydrogen-bond donors (Lipinski definition) is 3. The number of nitrogens with zero attached hydrogens (tertiary/aromatic N) is 1. The van der Waals surface area contributed by atoms with Crippen LogP contribution in [0.25, 0.3) is 0 Å². The van der Waals surface area contributed by atoms with Crippen LogP contribution < -0.4 is 25.0 Å². The van der Waals surface area contributed by atoms with Gasteiger partial charge in [0.25, 0.3) is 0 Å². The summed E-state index contributed by atoms with van der Waals surface area (Å²) in [6.07, 6.45) is 1.13. The molecule has 0 spiro atoms. The zero-order valence-corrected chi connectivity index (χ0v) is 20.3. The van der Waals surface area contributed by atoms with Gasteiger partial charge in [0.1, 0.15) is 30.0 Å². The van der Waals surface area contributed by atoms with E-state index in [1.807, 2.05) is 50.2 Å². The number of aliphatic hydroxyl groups excluding tert-OH is 1. The van der Waals surface area contributed by atoms with Crippen molar-refractivity contribution in [1.29, 1.82) is 0 Å². The number of aliphatic hydroxyl groups is 1. The molecule has 1 atom stereocenters. The maximum absolute atomic E-state index is 11.2. The molecule has 3 N–H and O–H groups in total. The predicted octanol–water partition coefficient (Wildman–Crippen LogP) is 3.54. The molecule has 3 rings (SSSR count). The van der Waals surface area contributed by atoms with Gasteiger partial charge < -0.3 is 24.6 Å². The summed E-state index contributed by atoms with van der Waals surface area (Å²) in [5.74, 6) is 1.93. The average Bonchev–Trinajstić information content (AvgIpc) is 2.83. The van der Waals surface area contributed by atoms with E-state index in [1.54, 1.807) is 6.07 Å². The van der Waals surface area contributed by atoms with Gasteiger partial charge in [-0.15, -0.1) is 0 Å². The minimum atomic E-state index is -0.563. The first-order valence-electron chi connectivity index (χ1n) is 11.5. The quantitative estimate of drug-likeness (QED) is 0.372. The van der Waals surface area contributed by atoms with Crippen LogP contribution in [0.15, 0.2) is 47.6 Å². The Bertz CT molecular complexity index is 966. The lowest BCUT2D eigenvalue weighted by Crippen LogP contribution is -2.35. The smallest absolute Gasteiger partial charge is 0.240 e. The highest BCUT2D eigenvalue weighted by Crippen LogP contribution is 2.27. The number of carbonyl (C=O) groups is 1. The number of ether oxygens (including phenoxy) is 3. The van der Waals surface area contributed by atoms with Gasteiger partial charge in [0.15, 0.2) is 0 Å². The van der Waals surface area contributed by atoms with Crippen molar-refractivity contribution in [2.24, 2.45) is 5.10 Å². The second kappa shape index (κ2) is 13.2. The van der Waals surface area contributed by atoms with Crippen LogP contribution in [0.5, 0.6) is 17.2 Å². The molecule has 2 aromatic carbocycles. The van der Waals surface area contributed by atoms with Crippen molar-refractivity contribution in [2.45, 2.75) is 45.3 Å². The van der Waals surface area contributed by atoms with Crippen LogP contribution in [-0.4, -0.2) is 55.2 Å². The van der Waals surface area contributed by atoms with Crippen molar-refractivity contribution >= 4 is 23.2 Å². The lowest BCUT2D eigenvalue weighted by molar-refractivity contribution is -0.121. The van der Waals surface area contributed by atoms with Crippen LogP contribution in [0.3, 0.4) is 0 Å². The molecule has 0 saturated heterocycles. The Morgan fingerprint density at radius 3 is 2.41 bits per heavy atom. The number of amides is 1. The van der Waals surface area contributed by atoms with Crippen LogP contribution in [0.4, 0.5) is 0 Å². The molecule has 8 nitrogen and oxygen atoms in total. The number of hydrazone groups is 1. The van der Waals surface area contributed by atoms with Crippen LogP contribution in [-0.2, 0) is 4.79 Å². The molecule has 2 aromatic rings. The second-order valence-electron chi connectivity index (χ2n) is 8.29. The normalized spacial score (nSPS) is 14.4. The molecule has 1 amide bonds. The van der Waals surface area contributed by atoms with Crippen molar-refractivity contribution in [2.75, 3.05) is 26.4 Å². The Hall–Kier alpha value is -2.81. The molecule has 1 heterocycles. The van der Waals surface area contributed by atoms with Crippen molar-refractivity contribution in [1.82, 2.24) is 10.7 Å². The van der Waals surface area contributed by atoms with Crippen molar-refractivity contribution in [3.8, 4) is 17.2 Å². The topological polar surface area (TPSA) is 101 Å².